The number of hydrogen-bond acceptors (Lipinski definition) is 7. The number of carbonyl (C=O) groups excluding carboxylic acids is 3. The van der Waals surface area contributed by atoms with Gasteiger partial charge in [-0.25, -0.2) is 4.79 Å². The summed E-state index contributed by atoms with van der Waals surface area (Å²) in [6.45, 7) is 6.52. The molecule has 0 saturated heterocycles. The fourth-order valence-corrected chi connectivity index (χ4v) is 3.38. The minimum absolute atomic E-state index is 0.250. The van der Waals surface area contributed by atoms with Gasteiger partial charge in [0.2, 0.25) is 5.91 Å². The van der Waals surface area contributed by atoms with Gasteiger partial charge in [0.1, 0.15) is 11.5 Å². The van der Waals surface area contributed by atoms with Crippen molar-refractivity contribution >= 4 is 35.2 Å². The second-order valence-electron chi connectivity index (χ2n) is 7.54. The lowest BCUT2D eigenvalue weighted by molar-refractivity contribution is -0.142. The van der Waals surface area contributed by atoms with Crippen LogP contribution in [-0.2, 0) is 19.1 Å². The van der Waals surface area contributed by atoms with E-state index >= 15 is 0 Å². The molecule has 0 saturated carbocycles. The number of rotatable bonds is 8. The molecule has 3 aromatic rings. The van der Waals surface area contributed by atoms with Crippen LogP contribution in [0.1, 0.15) is 29.6 Å². The van der Waals surface area contributed by atoms with Gasteiger partial charge in [-0.1, -0.05) is 5.16 Å². The number of nitrogens with one attached hydrogen (secondary N) is 2. The van der Waals surface area contributed by atoms with E-state index in [0.717, 1.165) is 17.0 Å². The smallest absolute Gasteiger partial charge is 0.331 e. The molecule has 0 aliphatic carbocycles. The first-order chi connectivity index (χ1) is 16.2. The quantitative estimate of drug-likeness (QED) is 0.384. The molecule has 2 amide bonds. The Hall–Kier alpha value is -4.34. The SMILES string of the molecule is COc1ccc(NC(C)=O)cc1NC(=O)COC(=O)/C=C/c1cc(C)n(-c2cc(C)on2)c1C. The van der Waals surface area contributed by atoms with Gasteiger partial charge in [-0.15, -0.1) is 0 Å². The molecule has 0 aliphatic heterocycles. The molecule has 0 radical (unpaired) electrons. The van der Waals surface area contributed by atoms with Gasteiger partial charge >= 0.3 is 5.97 Å². The number of esters is 1. The molecule has 0 bridgehead atoms. The molecule has 2 aromatic heterocycles. The van der Waals surface area contributed by atoms with Crippen LogP contribution in [0.15, 0.2) is 40.9 Å². The number of amides is 2. The molecule has 3 rings (SSSR count). The van der Waals surface area contributed by atoms with Crippen molar-refractivity contribution in [2.75, 3.05) is 24.4 Å². The maximum absolute atomic E-state index is 12.3. The first-order valence-corrected chi connectivity index (χ1v) is 10.4. The summed E-state index contributed by atoms with van der Waals surface area (Å²) in [6, 6.07) is 8.52. The van der Waals surface area contributed by atoms with Crippen LogP contribution in [0.4, 0.5) is 11.4 Å². The number of carbonyl (C=O) groups is 3. The second kappa shape index (κ2) is 10.5. The van der Waals surface area contributed by atoms with E-state index in [9.17, 15) is 14.4 Å². The number of aromatic nitrogens is 2. The highest BCUT2D eigenvalue weighted by Crippen LogP contribution is 2.28. The first-order valence-electron chi connectivity index (χ1n) is 10.4. The lowest BCUT2D eigenvalue weighted by Gasteiger charge is -2.12. The van der Waals surface area contributed by atoms with E-state index in [1.54, 1.807) is 24.3 Å². The molecule has 0 spiro atoms. The summed E-state index contributed by atoms with van der Waals surface area (Å²) in [5.74, 6) is 0.271. The summed E-state index contributed by atoms with van der Waals surface area (Å²) in [5, 5.41) is 9.26. The monoisotopic (exact) mass is 466 g/mol. The molecule has 0 atom stereocenters. The molecular weight excluding hydrogens is 440 g/mol. The maximum atomic E-state index is 12.3. The van der Waals surface area contributed by atoms with Crippen LogP contribution in [0.2, 0.25) is 0 Å². The highest BCUT2D eigenvalue weighted by molar-refractivity contribution is 5.97. The minimum Gasteiger partial charge on any atom is -0.495 e. The zero-order chi connectivity index (χ0) is 24.8. The Balaban J connectivity index is 1.60. The Labute approximate surface area is 196 Å². The Kier molecular flexibility index (Phi) is 7.52. The maximum Gasteiger partial charge on any atom is 0.331 e. The summed E-state index contributed by atoms with van der Waals surface area (Å²) in [4.78, 5) is 35.7. The third kappa shape index (κ3) is 5.91. The van der Waals surface area contributed by atoms with Crippen molar-refractivity contribution < 1.29 is 28.4 Å². The lowest BCUT2D eigenvalue weighted by Crippen LogP contribution is -2.20. The van der Waals surface area contributed by atoms with Crippen molar-refractivity contribution in [3.63, 3.8) is 0 Å². The topological polar surface area (TPSA) is 125 Å². The molecule has 1 aromatic carbocycles. The average molecular weight is 466 g/mol. The number of hydrogen-bond donors (Lipinski definition) is 2. The van der Waals surface area contributed by atoms with Crippen LogP contribution >= 0.6 is 0 Å². The predicted octanol–water partition coefficient (Wildman–Crippen LogP) is 3.55. The van der Waals surface area contributed by atoms with Gasteiger partial charge in [0, 0.05) is 36.1 Å². The first kappa shape index (κ1) is 24.3. The Morgan fingerprint density at radius 3 is 2.53 bits per heavy atom. The largest absolute Gasteiger partial charge is 0.495 e. The Morgan fingerprint density at radius 1 is 1.12 bits per heavy atom. The van der Waals surface area contributed by atoms with Crippen LogP contribution in [0.3, 0.4) is 0 Å². The molecule has 10 nitrogen and oxygen atoms in total. The predicted molar refractivity (Wildman–Crippen MR) is 126 cm³/mol. The summed E-state index contributed by atoms with van der Waals surface area (Å²) >= 11 is 0. The Bertz CT molecular complexity index is 1250. The van der Waals surface area contributed by atoms with Crippen LogP contribution in [0, 0.1) is 20.8 Å². The number of benzene rings is 1. The van der Waals surface area contributed by atoms with Gasteiger partial charge in [-0.05, 0) is 56.7 Å². The van der Waals surface area contributed by atoms with E-state index in [2.05, 4.69) is 15.8 Å². The number of aryl methyl sites for hydroxylation is 2. The third-order valence-corrected chi connectivity index (χ3v) is 4.85. The zero-order valence-corrected chi connectivity index (χ0v) is 19.6. The van der Waals surface area contributed by atoms with Gasteiger partial charge in [-0.2, -0.15) is 0 Å². The van der Waals surface area contributed by atoms with Crippen LogP contribution in [0.25, 0.3) is 11.9 Å². The summed E-state index contributed by atoms with van der Waals surface area (Å²) in [5.41, 5.74) is 3.43. The molecule has 0 aliphatic rings. The van der Waals surface area contributed by atoms with E-state index in [1.807, 2.05) is 37.5 Å². The van der Waals surface area contributed by atoms with Crippen molar-refractivity contribution in [3.8, 4) is 11.6 Å². The molecule has 2 N–H and O–H groups in total. The van der Waals surface area contributed by atoms with Gasteiger partial charge in [0.05, 0.1) is 12.8 Å². The number of methoxy groups -OCH3 is 1. The fourth-order valence-electron chi connectivity index (χ4n) is 3.38. The van der Waals surface area contributed by atoms with Crippen LogP contribution < -0.4 is 15.4 Å². The van der Waals surface area contributed by atoms with Crippen LogP contribution in [-0.4, -0.2) is 41.2 Å². The Morgan fingerprint density at radius 2 is 1.88 bits per heavy atom. The molecule has 0 unspecified atom stereocenters. The van der Waals surface area contributed by atoms with E-state index in [0.29, 0.717) is 28.7 Å². The second-order valence-corrected chi connectivity index (χ2v) is 7.54. The van der Waals surface area contributed by atoms with Crippen molar-refractivity contribution in [3.05, 3.63) is 59.1 Å². The summed E-state index contributed by atoms with van der Waals surface area (Å²) in [7, 11) is 1.45. The van der Waals surface area contributed by atoms with Crippen LogP contribution in [0.5, 0.6) is 5.75 Å². The van der Waals surface area contributed by atoms with Crippen molar-refractivity contribution in [1.82, 2.24) is 9.72 Å². The molecule has 178 valence electrons. The number of anilines is 2. The van der Waals surface area contributed by atoms with Crippen molar-refractivity contribution in [1.29, 1.82) is 0 Å². The highest BCUT2D eigenvalue weighted by Gasteiger charge is 2.14. The van der Waals surface area contributed by atoms with E-state index < -0.39 is 18.5 Å². The van der Waals surface area contributed by atoms with Crippen molar-refractivity contribution in [2.45, 2.75) is 27.7 Å². The lowest BCUT2D eigenvalue weighted by atomic mass is 10.2. The number of nitrogens with zero attached hydrogens (tertiary/aromatic N) is 2. The summed E-state index contributed by atoms with van der Waals surface area (Å²) < 4.78 is 17.3. The van der Waals surface area contributed by atoms with Crippen molar-refractivity contribution in [2.24, 2.45) is 0 Å². The highest BCUT2D eigenvalue weighted by atomic mass is 16.5. The molecular formula is C24H26N4O6. The summed E-state index contributed by atoms with van der Waals surface area (Å²) in [6.07, 6.45) is 2.87. The normalized spacial score (nSPS) is 10.9. The van der Waals surface area contributed by atoms with E-state index in [4.69, 9.17) is 14.0 Å². The standard InChI is InChI=1S/C24H26N4O6/c1-14-10-18(16(3)28(14)22-11-15(2)34-27-22)6-9-24(31)33-13-23(30)26-20-12-19(25-17(4)29)7-8-21(20)32-5/h6-12H,13H2,1-5H3,(H,25,29)(H,26,30)/b9-6+. The zero-order valence-electron chi connectivity index (χ0n) is 19.6. The van der Waals surface area contributed by atoms with Gasteiger partial charge in [-0.3, -0.25) is 14.2 Å². The minimum atomic E-state index is -0.670. The molecule has 0 fully saturated rings. The molecule has 2 heterocycles. The van der Waals surface area contributed by atoms with E-state index in [1.165, 1.54) is 20.1 Å². The number of ether oxygens (including phenoxy) is 2. The molecule has 10 heteroatoms. The molecule has 34 heavy (non-hydrogen) atoms. The third-order valence-electron chi connectivity index (χ3n) is 4.85. The van der Waals surface area contributed by atoms with Gasteiger partial charge < -0.3 is 24.6 Å². The van der Waals surface area contributed by atoms with E-state index in [-0.39, 0.29) is 5.91 Å². The average Bonchev–Trinajstić information content (AvgIpc) is 3.32. The van der Waals surface area contributed by atoms with Gasteiger partial charge in [0.15, 0.2) is 12.4 Å². The fraction of sp³-hybridized carbons (Fsp3) is 0.250. The van der Waals surface area contributed by atoms with Gasteiger partial charge in [0.25, 0.3) is 5.91 Å².